The lowest BCUT2D eigenvalue weighted by Crippen LogP contribution is -2.30. The third kappa shape index (κ3) is 71.7. The van der Waals surface area contributed by atoms with Crippen molar-refractivity contribution in [1.82, 2.24) is 0 Å². The van der Waals surface area contributed by atoms with E-state index in [9.17, 15) is 43.2 Å². The lowest BCUT2D eigenvalue weighted by Gasteiger charge is -2.21. The molecule has 0 aromatic carbocycles. The number of aliphatic hydroxyl groups is 1. The minimum atomic E-state index is -4.96. The number of hydrogen-bond donors (Lipinski definition) is 3. The highest BCUT2D eigenvalue weighted by molar-refractivity contribution is 7.47. The fraction of sp³-hybridized carbons (Fsp3) is 0.951. The SMILES string of the molecule is CCCCCCCCCCCCCCCC(=O)O[C@H](COC(=O)CCCCCCCCCCCCC)COP(=O)(O)OC[C@H](O)COP(=O)(O)OC[C@@H](COC(=O)CCCCCCCCCCCCCCCCC(C)CC)OC(=O)CCCCCCCCCCCCCCCCC(C)CC. The third-order valence-electron chi connectivity index (χ3n) is 19.7. The standard InChI is InChI=1S/C81H158O17P2/c1-7-11-13-15-17-19-21-26-35-41-47-53-59-65-80(85)97-76(69-91-78(83)63-57-51-45-39-31-20-18-16-14-12-8-2)71-95-99(87,88)93-67-75(82)68-94-100(89,90)96-72-77(98-81(86)66-60-54-48-42-36-30-25-23-28-33-38-44-50-56-62-74(6)10-4)70-92-79(84)64-58-52-46-40-34-29-24-22-27-32-37-43-49-55-61-73(5)9-3/h73-77,82H,7-72H2,1-6H3,(H,87,88)(H,89,90)/t73?,74?,75-,76+,77+/m0/s1. The van der Waals surface area contributed by atoms with Crippen LogP contribution < -0.4 is 0 Å². The van der Waals surface area contributed by atoms with Crippen LogP contribution in [0.3, 0.4) is 0 Å². The second kappa shape index (κ2) is 72.6. The van der Waals surface area contributed by atoms with E-state index in [1.807, 2.05) is 0 Å². The van der Waals surface area contributed by atoms with Crippen molar-refractivity contribution in [3.8, 4) is 0 Å². The van der Waals surface area contributed by atoms with Crippen LogP contribution in [-0.2, 0) is 65.4 Å². The molecule has 594 valence electrons. The number of phosphoric acid groups is 2. The van der Waals surface area contributed by atoms with Crippen LogP contribution in [0, 0.1) is 11.8 Å². The zero-order chi connectivity index (χ0) is 73.5. The van der Waals surface area contributed by atoms with Crippen LogP contribution in [0.5, 0.6) is 0 Å². The summed E-state index contributed by atoms with van der Waals surface area (Å²) in [6.07, 6.45) is 62.1. The molecule has 0 aromatic heterocycles. The Kier molecular flexibility index (Phi) is 71.2. The van der Waals surface area contributed by atoms with Crippen molar-refractivity contribution >= 4 is 39.5 Å². The summed E-state index contributed by atoms with van der Waals surface area (Å²) in [5.74, 6) is -0.410. The van der Waals surface area contributed by atoms with Crippen LogP contribution in [0.25, 0.3) is 0 Å². The van der Waals surface area contributed by atoms with Gasteiger partial charge in [0.25, 0.3) is 0 Å². The number of esters is 4. The van der Waals surface area contributed by atoms with Crippen LogP contribution in [0.4, 0.5) is 0 Å². The van der Waals surface area contributed by atoms with E-state index in [0.29, 0.717) is 25.7 Å². The number of carbonyl (C=O) groups excluding carboxylic acids is 4. The predicted octanol–water partition coefficient (Wildman–Crippen LogP) is 24.3. The first-order chi connectivity index (χ1) is 48.4. The number of rotatable bonds is 80. The maximum atomic E-state index is 13.1. The summed E-state index contributed by atoms with van der Waals surface area (Å²) in [5.41, 5.74) is 0. The van der Waals surface area contributed by atoms with Crippen molar-refractivity contribution in [3.05, 3.63) is 0 Å². The van der Waals surface area contributed by atoms with Gasteiger partial charge in [-0.25, -0.2) is 9.13 Å². The minimum absolute atomic E-state index is 0.108. The Morgan fingerprint density at radius 1 is 0.280 bits per heavy atom. The quantitative estimate of drug-likeness (QED) is 0.0222. The Morgan fingerprint density at radius 2 is 0.480 bits per heavy atom. The average molecular weight is 1470 g/mol. The Labute approximate surface area is 613 Å². The van der Waals surface area contributed by atoms with Gasteiger partial charge < -0.3 is 33.8 Å². The van der Waals surface area contributed by atoms with E-state index in [1.165, 1.54) is 244 Å². The molecule has 0 aromatic rings. The highest BCUT2D eigenvalue weighted by Crippen LogP contribution is 2.45. The monoisotopic (exact) mass is 1470 g/mol. The lowest BCUT2D eigenvalue weighted by atomic mass is 9.99. The maximum Gasteiger partial charge on any atom is 0.472 e. The molecule has 0 heterocycles. The smallest absolute Gasteiger partial charge is 0.462 e. The number of hydrogen-bond acceptors (Lipinski definition) is 15. The number of ether oxygens (including phenoxy) is 4. The highest BCUT2D eigenvalue weighted by atomic mass is 31.2. The molecule has 0 rings (SSSR count). The Balaban J connectivity index is 5.25. The van der Waals surface area contributed by atoms with E-state index in [0.717, 1.165) is 102 Å². The second-order valence-corrected chi connectivity index (χ2v) is 32.6. The maximum absolute atomic E-state index is 13.1. The fourth-order valence-corrected chi connectivity index (χ4v) is 14.1. The predicted molar refractivity (Wildman–Crippen MR) is 409 cm³/mol. The van der Waals surface area contributed by atoms with E-state index in [4.69, 9.17) is 37.0 Å². The summed E-state index contributed by atoms with van der Waals surface area (Å²) in [7, 11) is -9.92. The fourth-order valence-electron chi connectivity index (χ4n) is 12.5. The van der Waals surface area contributed by atoms with Crippen LogP contribution in [0.1, 0.15) is 427 Å². The second-order valence-electron chi connectivity index (χ2n) is 29.6. The van der Waals surface area contributed by atoms with Crippen molar-refractivity contribution in [2.24, 2.45) is 11.8 Å². The molecule has 0 aliphatic rings. The molecular formula is C81H158O17P2. The van der Waals surface area contributed by atoms with Gasteiger partial charge in [0.1, 0.15) is 19.3 Å². The van der Waals surface area contributed by atoms with Crippen molar-refractivity contribution in [1.29, 1.82) is 0 Å². The summed E-state index contributed by atoms with van der Waals surface area (Å²) < 4.78 is 68.7. The van der Waals surface area contributed by atoms with Gasteiger partial charge in [0, 0.05) is 25.7 Å². The first kappa shape index (κ1) is 98.1. The zero-order valence-electron chi connectivity index (χ0n) is 65.5. The first-order valence-electron chi connectivity index (χ1n) is 42.1. The molecule has 0 bridgehead atoms. The highest BCUT2D eigenvalue weighted by Gasteiger charge is 2.30. The van der Waals surface area contributed by atoms with Gasteiger partial charge in [0.2, 0.25) is 0 Å². The molecule has 0 aliphatic heterocycles. The summed E-state index contributed by atoms with van der Waals surface area (Å²) in [5, 5.41) is 10.6. The number of aliphatic hydroxyl groups excluding tert-OH is 1. The van der Waals surface area contributed by atoms with Gasteiger partial charge in [-0.1, -0.05) is 375 Å². The number of carbonyl (C=O) groups is 4. The number of unbranched alkanes of at least 4 members (excludes halogenated alkanes) is 48. The summed E-state index contributed by atoms with van der Waals surface area (Å²) >= 11 is 0. The molecular weight excluding hydrogens is 1310 g/mol. The van der Waals surface area contributed by atoms with E-state index >= 15 is 0 Å². The van der Waals surface area contributed by atoms with Gasteiger partial charge in [-0.15, -0.1) is 0 Å². The van der Waals surface area contributed by atoms with Gasteiger partial charge in [-0.2, -0.15) is 0 Å². The topological polar surface area (TPSA) is 237 Å². The van der Waals surface area contributed by atoms with Gasteiger partial charge in [-0.05, 0) is 37.5 Å². The van der Waals surface area contributed by atoms with Crippen LogP contribution in [-0.4, -0.2) is 96.7 Å². The van der Waals surface area contributed by atoms with Gasteiger partial charge >= 0.3 is 39.5 Å². The molecule has 0 saturated carbocycles. The first-order valence-corrected chi connectivity index (χ1v) is 45.1. The summed E-state index contributed by atoms with van der Waals surface area (Å²) in [6, 6.07) is 0. The Hall–Kier alpha value is -1.94. The van der Waals surface area contributed by atoms with Crippen LogP contribution >= 0.6 is 15.6 Å². The normalized spacial score (nSPS) is 14.4. The average Bonchev–Trinajstić information content (AvgIpc) is 0.986. The number of phosphoric ester groups is 2. The Bertz CT molecular complexity index is 1930. The molecule has 0 spiro atoms. The van der Waals surface area contributed by atoms with Crippen LogP contribution in [0.15, 0.2) is 0 Å². The molecule has 0 aliphatic carbocycles. The van der Waals surface area contributed by atoms with E-state index in [1.54, 1.807) is 0 Å². The zero-order valence-corrected chi connectivity index (χ0v) is 67.3. The molecule has 17 nitrogen and oxygen atoms in total. The van der Waals surface area contributed by atoms with E-state index < -0.39 is 97.5 Å². The van der Waals surface area contributed by atoms with Crippen LogP contribution in [0.2, 0.25) is 0 Å². The van der Waals surface area contributed by atoms with Crippen molar-refractivity contribution in [2.45, 2.75) is 445 Å². The largest absolute Gasteiger partial charge is 0.472 e. The lowest BCUT2D eigenvalue weighted by molar-refractivity contribution is -0.161. The summed E-state index contributed by atoms with van der Waals surface area (Å²) in [6.45, 7) is 9.75. The van der Waals surface area contributed by atoms with E-state index in [-0.39, 0.29) is 25.7 Å². The molecule has 7 atom stereocenters. The molecule has 19 heteroatoms. The van der Waals surface area contributed by atoms with E-state index in [2.05, 4.69) is 41.5 Å². The van der Waals surface area contributed by atoms with Gasteiger partial charge in [0.05, 0.1) is 26.4 Å². The molecule has 0 radical (unpaired) electrons. The molecule has 100 heavy (non-hydrogen) atoms. The van der Waals surface area contributed by atoms with Gasteiger partial charge in [-0.3, -0.25) is 37.3 Å². The molecule has 4 unspecified atom stereocenters. The molecule has 0 amide bonds. The van der Waals surface area contributed by atoms with Crippen molar-refractivity contribution in [3.63, 3.8) is 0 Å². The van der Waals surface area contributed by atoms with Crippen molar-refractivity contribution in [2.75, 3.05) is 39.6 Å². The minimum Gasteiger partial charge on any atom is -0.462 e. The molecule has 3 N–H and O–H groups in total. The third-order valence-corrected chi connectivity index (χ3v) is 21.6. The Morgan fingerprint density at radius 3 is 0.710 bits per heavy atom. The molecule has 0 saturated heterocycles. The van der Waals surface area contributed by atoms with Crippen molar-refractivity contribution < 1.29 is 80.2 Å². The summed E-state index contributed by atoms with van der Waals surface area (Å²) in [4.78, 5) is 73.0. The molecule has 0 fully saturated rings. The van der Waals surface area contributed by atoms with Gasteiger partial charge in [0.15, 0.2) is 12.2 Å².